The van der Waals surface area contributed by atoms with E-state index in [0.717, 1.165) is 0 Å². The Morgan fingerprint density at radius 2 is 0.403 bits per heavy atom. The van der Waals surface area contributed by atoms with Crippen LogP contribution < -0.4 is 14.8 Å². The maximum Gasteiger partial charge on any atom is 0.636 e. The number of hydrogen-bond donors (Lipinski definition) is 0. The second-order valence-corrected chi connectivity index (χ2v) is 12.6. The average molecular weight is 912 g/mol. The van der Waals surface area contributed by atoms with Crippen molar-refractivity contribution in [2.75, 3.05) is 0 Å². The molecule has 320 valence electrons. The molecule has 0 aliphatic rings. The van der Waals surface area contributed by atoms with Gasteiger partial charge in [0.25, 0.3) is 0 Å². The monoisotopic (exact) mass is 912 g/mol. The number of hydrogen-bond acceptors (Lipinski definition) is 2. The van der Waals surface area contributed by atoms with E-state index < -0.39 is 212 Å². The molecule has 0 aromatic heterocycles. The zero-order valence-electron chi connectivity index (χ0n) is 28.1. The van der Waals surface area contributed by atoms with Crippen LogP contribution in [0.15, 0.2) is 0 Å². The second kappa shape index (κ2) is 13.7. The lowest BCUT2D eigenvalue weighted by atomic mass is 9.72. The molecule has 0 aliphatic carbocycles. The summed E-state index contributed by atoms with van der Waals surface area (Å²) in [4.78, 5) is 0. The van der Waals surface area contributed by atoms with Crippen molar-refractivity contribution in [3.8, 4) is 11.5 Å². The fourth-order valence-electron chi connectivity index (χ4n) is 6.88. The van der Waals surface area contributed by atoms with Crippen molar-refractivity contribution >= 4 is 66.4 Å². The largest absolute Gasteiger partial charge is 0.636 e. The Kier molecular flexibility index (Phi) is 9.29. The summed E-state index contributed by atoms with van der Waals surface area (Å²) in [5, 5.41) is -23.3. The van der Waals surface area contributed by atoms with Crippen molar-refractivity contribution in [3.05, 3.63) is 134 Å². The van der Waals surface area contributed by atoms with Gasteiger partial charge in [-0.3, -0.25) is 0 Å². The Hall–Kier alpha value is -6.63. The fourth-order valence-corrected chi connectivity index (χ4v) is 6.88. The fraction of sp³-hybridized carbons (Fsp3) is 0. The Balaban J connectivity index is 1.60. The van der Waals surface area contributed by atoms with Gasteiger partial charge in [0.1, 0.15) is 11.6 Å². The van der Waals surface area contributed by atoms with Crippen LogP contribution in [-0.4, -0.2) is 7.12 Å². The van der Waals surface area contributed by atoms with Crippen LogP contribution in [0, 0.1) is 134 Å². The lowest BCUT2D eigenvalue weighted by Crippen LogP contribution is -2.47. The summed E-state index contributed by atoms with van der Waals surface area (Å²) in [6.45, 7) is 0. The molecule has 8 aromatic carbocycles. The van der Waals surface area contributed by atoms with E-state index in [1.54, 1.807) is 0 Å². The van der Waals surface area contributed by atoms with Crippen LogP contribution in [-0.2, 0) is 0 Å². The molecule has 0 fully saturated rings. The van der Waals surface area contributed by atoms with Gasteiger partial charge in [0.2, 0.25) is 34.9 Å². The van der Waals surface area contributed by atoms with Crippen LogP contribution >= 0.6 is 0 Å². The first-order chi connectivity index (χ1) is 28.9. The summed E-state index contributed by atoms with van der Waals surface area (Å²) in [6.07, 6.45) is 0. The molecule has 8 rings (SSSR count). The van der Waals surface area contributed by atoms with Gasteiger partial charge in [-0.25, -0.2) is 87.8 Å². The zero-order chi connectivity index (χ0) is 45.8. The summed E-state index contributed by atoms with van der Waals surface area (Å²) in [6, 6.07) is 0. The summed E-state index contributed by atoms with van der Waals surface area (Å²) < 4.78 is 357. The van der Waals surface area contributed by atoms with Crippen LogP contribution in [0.2, 0.25) is 0 Å². The van der Waals surface area contributed by atoms with Gasteiger partial charge in [0, 0.05) is 16.2 Å². The van der Waals surface area contributed by atoms with E-state index >= 15 is 65.9 Å². The minimum atomic E-state index is -4.30. The Bertz CT molecular complexity index is 3360. The quantitative estimate of drug-likeness (QED) is 0.0428. The molecule has 0 saturated carbocycles. The van der Waals surface area contributed by atoms with Crippen LogP contribution in [0.25, 0.3) is 53.9 Å². The molecule has 0 bridgehead atoms. The minimum absolute atomic E-state index is 1.99. The van der Waals surface area contributed by atoms with Gasteiger partial charge in [-0.15, -0.1) is 0 Å². The van der Waals surface area contributed by atoms with Crippen LogP contribution in [0.4, 0.5) is 101 Å². The lowest BCUT2D eigenvalue weighted by molar-refractivity contribution is 0.331. The van der Waals surface area contributed by atoms with Gasteiger partial charge in [0.15, 0.2) is 98.8 Å². The van der Waals surface area contributed by atoms with Gasteiger partial charge in [-0.05, 0) is 0 Å². The average Bonchev–Trinajstić information content (AvgIpc) is 3.23. The highest BCUT2D eigenvalue weighted by molar-refractivity contribution is 6.66. The van der Waals surface area contributed by atoms with Crippen molar-refractivity contribution < 1.29 is 110 Å². The molecule has 8 aromatic rings. The van der Waals surface area contributed by atoms with Crippen LogP contribution in [0.3, 0.4) is 0 Å². The molecule has 0 radical (unpaired) electrons. The summed E-state index contributed by atoms with van der Waals surface area (Å²) in [5.41, 5.74) is -2.67. The van der Waals surface area contributed by atoms with Crippen molar-refractivity contribution in [1.29, 1.82) is 0 Å². The molecule has 0 spiro atoms. The Morgan fingerprint density at radius 1 is 0.177 bits per heavy atom. The highest BCUT2D eigenvalue weighted by atomic mass is 19.2. The van der Waals surface area contributed by atoms with Gasteiger partial charge < -0.3 is 9.31 Å². The van der Waals surface area contributed by atoms with Crippen LogP contribution in [0.1, 0.15) is 0 Å². The van der Waals surface area contributed by atoms with E-state index in [1.165, 1.54) is 0 Å². The van der Waals surface area contributed by atoms with E-state index in [4.69, 9.17) is 0 Å². The molecule has 0 heterocycles. The van der Waals surface area contributed by atoms with Gasteiger partial charge in [-0.1, -0.05) is 0 Å². The smallest absolute Gasteiger partial charge is 0.519 e. The summed E-state index contributed by atoms with van der Waals surface area (Å²) in [7, 11) is -4.30. The normalized spacial score (nSPS) is 12.1. The maximum atomic E-state index is 16.3. The van der Waals surface area contributed by atoms with E-state index in [9.17, 15) is 35.1 Å². The highest BCUT2D eigenvalue weighted by Gasteiger charge is 2.45. The van der Waals surface area contributed by atoms with Crippen molar-refractivity contribution in [1.82, 2.24) is 0 Å². The van der Waals surface area contributed by atoms with Gasteiger partial charge in [-0.2, -0.15) is 13.2 Å². The van der Waals surface area contributed by atoms with Crippen molar-refractivity contribution in [2.45, 2.75) is 0 Å². The Labute approximate surface area is 322 Å². The van der Waals surface area contributed by atoms with E-state index in [0.29, 0.717) is 0 Å². The third-order valence-corrected chi connectivity index (χ3v) is 9.54. The molecular weight excluding hydrogens is 912 g/mol. The van der Waals surface area contributed by atoms with E-state index in [1.807, 2.05) is 0 Å². The van der Waals surface area contributed by atoms with Gasteiger partial charge >= 0.3 is 7.12 Å². The summed E-state index contributed by atoms with van der Waals surface area (Å²) in [5.74, 6) is -74.6. The van der Waals surface area contributed by atoms with E-state index in [-0.39, 0.29) is 0 Å². The third-order valence-electron chi connectivity index (χ3n) is 9.54. The molecule has 0 N–H and O–H groups in total. The molecule has 0 saturated heterocycles. The van der Waals surface area contributed by atoms with Gasteiger partial charge in [0.05, 0.1) is 43.2 Å². The van der Waals surface area contributed by atoms with Crippen molar-refractivity contribution in [2.24, 2.45) is 0 Å². The Morgan fingerprint density at radius 3 is 0.839 bits per heavy atom. The van der Waals surface area contributed by atoms with Crippen LogP contribution in [0.5, 0.6) is 11.5 Å². The minimum Gasteiger partial charge on any atom is -0.519 e. The standard InChI is InChI=1S/C36BF23O2/c38-12-7-8(22(48)27(53)26(52)21(7)47)13(39)10-9(12)23(49)28(54)32(58)35(10)61-37(62-36-33(59)30(56)29(55)31(57)34(36)60)11-3-1-2-5(15(41)14(3)40)19(45)25(51)20(46)6(2)17(43)16(42)4(1)18(44)24(11)50. The topological polar surface area (TPSA) is 18.5 Å². The zero-order valence-corrected chi connectivity index (χ0v) is 28.1. The number of benzene rings is 8. The molecule has 0 aliphatic heterocycles. The lowest BCUT2D eigenvalue weighted by Gasteiger charge is -2.24. The molecule has 0 atom stereocenters. The maximum absolute atomic E-state index is 16.3. The predicted octanol–water partition coefficient (Wildman–Crippen LogP) is 11.9. The third kappa shape index (κ3) is 5.10. The highest BCUT2D eigenvalue weighted by Crippen LogP contribution is 2.47. The first-order valence-electron chi connectivity index (χ1n) is 15.8. The second-order valence-electron chi connectivity index (χ2n) is 12.6. The molecule has 0 unspecified atom stereocenters. The SMILES string of the molecule is Fc1c(F)c(F)c(OB(Oc2c(F)c(F)c(F)c3c(F)c4c(F)c(F)c(F)c(F)c4c(F)c23)c2c(F)c(F)c3c(F)c(F)c4c(F)c(F)c(F)c5c(F)c(F)c2c3c45)c(F)c1F. The molecule has 62 heavy (non-hydrogen) atoms. The molecular formula is C36BF23O2. The summed E-state index contributed by atoms with van der Waals surface area (Å²) >= 11 is 0. The first kappa shape index (κ1) is 42.1. The number of fused-ring (bicyclic) bond motifs is 2. The number of halogens is 23. The molecule has 26 heteroatoms. The number of rotatable bonds is 5. The van der Waals surface area contributed by atoms with Crippen molar-refractivity contribution in [3.63, 3.8) is 0 Å². The molecule has 2 nitrogen and oxygen atoms in total. The molecule has 0 amide bonds. The predicted molar refractivity (Wildman–Crippen MR) is 164 cm³/mol. The van der Waals surface area contributed by atoms with E-state index in [2.05, 4.69) is 9.31 Å². The first-order valence-corrected chi connectivity index (χ1v) is 15.8.